The summed E-state index contributed by atoms with van der Waals surface area (Å²) in [6, 6.07) is 5.67. The molecule has 0 bridgehead atoms. The molecule has 6 nitrogen and oxygen atoms in total. The number of benzene rings is 2. The number of phenolic OH excluding ortho intramolecular Hbond substituents is 3. The number of phenols is 3. The monoisotopic (exact) mass is 287 g/mol. The van der Waals surface area contributed by atoms with Gasteiger partial charge in [0.2, 0.25) is 11.2 Å². The molecule has 0 atom stereocenters. The third kappa shape index (κ3) is 2.02. The van der Waals surface area contributed by atoms with Crippen LogP contribution in [-0.4, -0.2) is 20.4 Å². The highest BCUT2D eigenvalue weighted by molar-refractivity contribution is 5.88. The van der Waals surface area contributed by atoms with Crippen LogP contribution in [0.2, 0.25) is 0 Å². The SMILES string of the molecule is [2H]c1cc(-c2oc3cc(O)cc(O)c3c(=O)c2O)ccc1O. The maximum atomic E-state index is 12.2. The Morgan fingerprint density at radius 3 is 2.48 bits per heavy atom. The second-order valence-corrected chi connectivity index (χ2v) is 4.41. The molecular formula is C15H10O6. The van der Waals surface area contributed by atoms with Gasteiger partial charge in [-0.2, -0.15) is 0 Å². The largest absolute Gasteiger partial charge is 0.508 e. The molecule has 4 N–H and O–H groups in total. The van der Waals surface area contributed by atoms with Crippen LogP contribution in [0.3, 0.4) is 0 Å². The van der Waals surface area contributed by atoms with Crippen LogP contribution < -0.4 is 5.43 Å². The van der Waals surface area contributed by atoms with E-state index in [1.807, 2.05) is 0 Å². The van der Waals surface area contributed by atoms with Crippen molar-refractivity contribution in [2.75, 3.05) is 0 Å². The summed E-state index contributed by atoms with van der Waals surface area (Å²) in [7, 11) is 0. The molecule has 1 heterocycles. The summed E-state index contributed by atoms with van der Waals surface area (Å²) < 4.78 is 12.9. The molecule has 0 amide bonds. The molecular weight excluding hydrogens is 276 g/mol. The first-order chi connectivity index (χ1) is 10.4. The Balaban J connectivity index is 2.38. The first kappa shape index (κ1) is 11.7. The van der Waals surface area contributed by atoms with Gasteiger partial charge in [0.15, 0.2) is 5.76 Å². The smallest absolute Gasteiger partial charge is 0.238 e. The van der Waals surface area contributed by atoms with E-state index < -0.39 is 16.9 Å². The van der Waals surface area contributed by atoms with E-state index in [1.54, 1.807) is 0 Å². The van der Waals surface area contributed by atoms with Crippen LogP contribution in [-0.2, 0) is 0 Å². The first-order valence-corrected chi connectivity index (χ1v) is 5.90. The minimum atomic E-state index is -0.867. The zero-order valence-corrected chi connectivity index (χ0v) is 10.5. The van der Waals surface area contributed by atoms with Crippen molar-refractivity contribution in [2.24, 2.45) is 0 Å². The number of hydrogen-bond donors (Lipinski definition) is 4. The summed E-state index contributed by atoms with van der Waals surface area (Å²) in [5.41, 5.74) is -0.787. The maximum Gasteiger partial charge on any atom is 0.238 e. The van der Waals surface area contributed by atoms with E-state index in [9.17, 15) is 25.2 Å². The highest BCUT2D eigenvalue weighted by atomic mass is 16.4. The number of aromatic hydroxyl groups is 4. The molecule has 1 aromatic heterocycles. The van der Waals surface area contributed by atoms with Crippen LogP contribution in [0.1, 0.15) is 1.37 Å². The normalized spacial score (nSPS) is 11.5. The van der Waals surface area contributed by atoms with Gasteiger partial charge in [0, 0.05) is 17.7 Å². The molecule has 0 aliphatic rings. The maximum absolute atomic E-state index is 12.2. The Morgan fingerprint density at radius 2 is 1.76 bits per heavy atom. The molecule has 0 saturated heterocycles. The number of rotatable bonds is 1. The molecule has 3 aromatic rings. The topological polar surface area (TPSA) is 111 Å². The van der Waals surface area contributed by atoms with Gasteiger partial charge in [-0.1, -0.05) is 0 Å². The van der Waals surface area contributed by atoms with Crippen LogP contribution in [0, 0.1) is 0 Å². The lowest BCUT2D eigenvalue weighted by molar-refractivity contribution is 0.438. The lowest BCUT2D eigenvalue weighted by Gasteiger charge is -2.07. The van der Waals surface area contributed by atoms with E-state index in [0.717, 1.165) is 12.1 Å². The van der Waals surface area contributed by atoms with Crippen LogP contribution in [0.15, 0.2) is 45.6 Å². The van der Waals surface area contributed by atoms with Gasteiger partial charge in [-0.15, -0.1) is 0 Å². The van der Waals surface area contributed by atoms with Gasteiger partial charge in [-0.3, -0.25) is 4.79 Å². The number of hydrogen-bond acceptors (Lipinski definition) is 6. The Labute approximate surface area is 119 Å². The molecule has 3 rings (SSSR count). The van der Waals surface area contributed by atoms with Crippen LogP contribution in [0.25, 0.3) is 22.3 Å². The standard InChI is InChI=1S/C15H10O6/c16-8-3-1-7(2-4-8)15-14(20)13(19)12-10(18)5-9(17)6-11(12)21-15/h1-6,16-18,20H/i3D. The fraction of sp³-hybridized carbons (Fsp3) is 0. The Hall–Kier alpha value is -3.15. The van der Waals surface area contributed by atoms with Crippen molar-refractivity contribution in [1.29, 1.82) is 0 Å². The van der Waals surface area contributed by atoms with Crippen molar-refractivity contribution in [3.8, 4) is 34.3 Å². The lowest BCUT2D eigenvalue weighted by Crippen LogP contribution is -2.02. The minimum Gasteiger partial charge on any atom is -0.508 e. The average Bonchev–Trinajstić information content (AvgIpc) is 2.45. The summed E-state index contributed by atoms with van der Waals surface area (Å²) in [4.78, 5) is 12.2. The van der Waals surface area contributed by atoms with E-state index >= 15 is 0 Å². The van der Waals surface area contributed by atoms with Crippen molar-refractivity contribution >= 4 is 11.0 Å². The Morgan fingerprint density at radius 1 is 1.00 bits per heavy atom. The van der Waals surface area contributed by atoms with Crippen molar-refractivity contribution in [2.45, 2.75) is 0 Å². The van der Waals surface area contributed by atoms with Crippen LogP contribution >= 0.6 is 0 Å². The fourth-order valence-corrected chi connectivity index (χ4v) is 2.03. The molecule has 0 aliphatic carbocycles. The highest BCUT2D eigenvalue weighted by Gasteiger charge is 2.18. The van der Waals surface area contributed by atoms with Crippen molar-refractivity contribution in [1.82, 2.24) is 0 Å². The molecule has 0 spiro atoms. The molecule has 0 saturated carbocycles. The van der Waals surface area contributed by atoms with Gasteiger partial charge < -0.3 is 24.8 Å². The third-order valence-corrected chi connectivity index (χ3v) is 2.99. The van der Waals surface area contributed by atoms with Crippen molar-refractivity contribution in [3.63, 3.8) is 0 Å². The van der Waals surface area contributed by atoms with Crippen LogP contribution in [0.5, 0.6) is 23.0 Å². The van der Waals surface area contributed by atoms with E-state index in [-0.39, 0.29) is 39.8 Å². The second-order valence-electron chi connectivity index (χ2n) is 4.41. The zero-order valence-electron chi connectivity index (χ0n) is 11.5. The summed E-state index contributed by atoms with van der Waals surface area (Å²) in [6.45, 7) is 0. The number of fused-ring (bicyclic) bond motifs is 1. The second kappa shape index (κ2) is 4.45. The van der Waals surface area contributed by atoms with Gasteiger partial charge in [0.05, 0.1) is 1.37 Å². The Bertz CT molecular complexity index is 960. The van der Waals surface area contributed by atoms with E-state index in [4.69, 9.17) is 5.79 Å². The molecule has 2 aromatic carbocycles. The van der Waals surface area contributed by atoms with Crippen molar-refractivity contribution in [3.05, 3.63) is 46.6 Å². The summed E-state index contributed by atoms with van der Waals surface area (Å²) in [6.07, 6.45) is 0. The Kier molecular flexibility index (Phi) is 2.47. The lowest BCUT2D eigenvalue weighted by atomic mass is 10.1. The zero-order chi connectivity index (χ0) is 16.0. The van der Waals surface area contributed by atoms with E-state index in [1.165, 1.54) is 18.2 Å². The quantitative estimate of drug-likeness (QED) is 0.546. The summed E-state index contributed by atoms with van der Waals surface area (Å²) >= 11 is 0. The van der Waals surface area contributed by atoms with Gasteiger partial charge in [0.1, 0.15) is 28.2 Å². The van der Waals surface area contributed by atoms with Crippen molar-refractivity contribution < 1.29 is 26.2 Å². The molecule has 6 heteroatoms. The predicted molar refractivity (Wildman–Crippen MR) is 74.6 cm³/mol. The predicted octanol–water partition coefficient (Wildman–Crippen LogP) is 2.28. The highest BCUT2D eigenvalue weighted by Crippen LogP contribution is 2.35. The molecule has 0 fully saturated rings. The first-order valence-electron chi connectivity index (χ1n) is 6.40. The third-order valence-electron chi connectivity index (χ3n) is 2.99. The van der Waals surface area contributed by atoms with E-state index in [2.05, 4.69) is 0 Å². The van der Waals surface area contributed by atoms with Crippen LogP contribution in [0.4, 0.5) is 0 Å². The molecule has 106 valence electrons. The van der Waals surface area contributed by atoms with Gasteiger partial charge >= 0.3 is 0 Å². The molecule has 0 radical (unpaired) electrons. The summed E-state index contributed by atoms with van der Waals surface area (Å²) in [5, 5.41) is 38.3. The van der Waals surface area contributed by atoms with Gasteiger partial charge in [0.25, 0.3) is 0 Å². The fourth-order valence-electron chi connectivity index (χ4n) is 2.03. The molecule has 0 unspecified atom stereocenters. The minimum absolute atomic E-state index is 0.116. The van der Waals surface area contributed by atoms with Gasteiger partial charge in [-0.05, 0) is 24.2 Å². The van der Waals surface area contributed by atoms with E-state index in [0.29, 0.717) is 0 Å². The average molecular weight is 287 g/mol. The van der Waals surface area contributed by atoms with Gasteiger partial charge in [-0.25, -0.2) is 0 Å². The molecule has 0 aliphatic heterocycles. The summed E-state index contributed by atoms with van der Waals surface area (Å²) in [5.74, 6) is -2.05. The molecule has 21 heavy (non-hydrogen) atoms.